The topological polar surface area (TPSA) is 93.7 Å². The molecule has 1 heterocycles. The molecule has 2 aromatic rings. The number of nitrogens with one attached hydrogen (secondary N) is 2. The predicted octanol–water partition coefficient (Wildman–Crippen LogP) is 4.09. The average Bonchev–Trinajstić information content (AvgIpc) is 2.73. The van der Waals surface area contributed by atoms with Crippen LogP contribution in [-0.2, 0) is 9.53 Å². The van der Waals surface area contributed by atoms with Gasteiger partial charge in [0.1, 0.15) is 11.4 Å². The fourth-order valence-corrected chi connectivity index (χ4v) is 3.89. The molecule has 0 bridgehead atoms. The van der Waals surface area contributed by atoms with Crippen LogP contribution in [0.4, 0.5) is 0 Å². The molecule has 0 spiro atoms. The number of carbonyl (C=O) groups excluding carboxylic acids is 3. The molecule has 2 N–H and O–H groups in total. The number of hydrogen-bond donors (Lipinski definition) is 2. The van der Waals surface area contributed by atoms with Gasteiger partial charge in [0.05, 0.1) is 12.6 Å². The number of fused-ring (bicyclic) bond motifs is 1. The maximum absolute atomic E-state index is 13.1. The van der Waals surface area contributed by atoms with Crippen LogP contribution >= 0.6 is 11.6 Å². The van der Waals surface area contributed by atoms with Crippen LogP contribution in [0.15, 0.2) is 42.5 Å². The van der Waals surface area contributed by atoms with E-state index in [0.29, 0.717) is 27.5 Å². The lowest BCUT2D eigenvalue weighted by Crippen LogP contribution is -2.56. The van der Waals surface area contributed by atoms with Crippen molar-refractivity contribution in [2.24, 2.45) is 0 Å². The summed E-state index contributed by atoms with van der Waals surface area (Å²) in [6.07, 6.45) is -0.850. The standard InChI is InChI=1S/C25H29ClN2O5/c1-14(2)27-13-21(30)32-23-22(28-24(31)17-7-6-8-18(26)11-17)19-12-16(15(3)29)9-10-20(19)33-25(23,4)5/h6-12,14,22-23,27H,13H2,1-5H3,(H,28,31)/t22-,23+/m0/s1. The van der Waals surface area contributed by atoms with Gasteiger partial charge in [0, 0.05) is 27.8 Å². The van der Waals surface area contributed by atoms with E-state index in [9.17, 15) is 14.4 Å². The summed E-state index contributed by atoms with van der Waals surface area (Å²) in [6.45, 7) is 8.91. The molecule has 0 aliphatic carbocycles. The zero-order chi connectivity index (χ0) is 24.3. The molecule has 1 aliphatic heterocycles. The van der Waals surface area contributed by atoms with Gasteiger partial charge in [-0.15, -0.1) is 0 Å². The largest absolute Gasteiger partial charge is 0.484 e. The maximum Gasteiger partial charge on any atom is 0.320 e. The minimum atomic E-state index is -0.954. The fraction of sp³-hybridized carbons (Fsp3) is 0.400. The third kappa shape index (κ3) is 5.92. The molecule has 3 rings (SSSR count). The molecule has 7 nitrogen and oxygen atoms in total. The summed E-state index contributed by atoms with van der Waals surface area (Å²) in [5, 5.41) is 6.43. The van der Waals surface area contributed by atoms with Crippen LogP contribution in [0, 0.1) is 0 Å². The Balaban J connectivity index is 2.01. The van der Waals surface area contributed by atoms with Gasteiger partial charge in [-0.2, -0.15) is 0 Å². The summed E-state index contributed by atoms with van der Waals surface area (Å²) in [4.78, 5) is 37.8. The molecule has 1 amide bonds. The normalized spacial score (nSPS) is 18.8. The zero-order valence-corrected chi connectivity index (χ0v) is 20.2. The number of benzene rings is 2. The van der Waals surface area contributed by atoms with Crippen molar-refractivity contribution >= 4 is 29.3 Å². The zero-order valence-electron chi connectivity index (χ0n) is 19.4. The average molecular weight is 473 g/mol. The molecule has 2 aromatic carbocycles. The van der Waals surface area contributed by atoms with Crippen molar-refractivity contribution in [3.8, 4) is 5.75 Å². The molecule has 0 unspecified atom stereocenters. The van der Waals surface area contributed by atoms with Gasteiger partial charge in [0.2, 0.25) is 0 Å². The fourth-order valence-electron chi connectivity index (χ4n) is 3.70. The van der Waals surface area contributed by atoms with E-state index in [1.807, 2.05) is 13.8 Å². The molecule has 1 aliphatic rings. The Morgan fingerprint density at radius 3 is 2.48 bits per heavy atom. The highest BCUT2D eigenvalue weighted by atomic mass is 35.5. The molecule has 0 radical (unpaired) electrons. The number of halogens is 1. The summed E-state index contributed by atoms with van der Waals surface area (Å²) in [6, 6.07) is 11.0. The van der Waals surface area contributed by atoms with Crippen LogP contribution in [-0.4, -0.2) is 42.0 Å². The van der Waals surface area contributed by atoms with Crippen molar-refractivity contribution < 1.29 is 23.9 Å². The Morgan fingerprint density at radius 1 is 1.12 bits per heavy atom. The third-order valence-corrected chi connectivity index (χ3v) is 5.63. The van der Waals surface area contributed by atoms with Crippen molar-refractivity contribution in [2.75, 3.05) is 6.54 Å². The van der Waals surface area contributed by atoms with E-state index in [-0.39, 0.29) is 24.3 Å². The monoisotopic (exact) mass is 472 g/mol. The van der Waals surface area contributed by atoms with E-state index >= 15 is 0 Å². The Hall–Kier alpha value is -2.90. The van der Waals surface area contributed by atoms with Gasteiger partial charge in [-0.25, -0.2) is 0 Å². The molecule has 0 aromatic heterocycles. The Bertz CT molecular complexity index is 1070. The highest BCUT2D eigenvalue weighted by Crippen LogP contribution is 2.42. The van der Waals surface area contributed by atoms with Gasteiger partial charge in [-0.3, -0.25) is 14.4 Å². The number of Topliss-reactive ketones (excluding diaryl/α,β-unsaturated/α-hetero) is 1. The van der Waals surface area contributed by atoms with Crippen LogP contribution in [0.5, 0.6) is 5.75 Å². The van der Waals surface area contributed by atoms with Crippen molar-refractivity contribution in [1.82, 2.24) is 10.6 Å². The third-order valence-electron chi connectivity index (χ3n) is 5.40. The second-order valence-corrected chi connectivity index (χ2v) is 9.36. The first-order valence-corrected chi connectivity index (χ1v) is 11.2. The molecular formula is C25H29ClN2O5. The summed E-state index contributed by atoms with van der Waals surface area (Å²) in [5.41, 5.74) is 0.435. The lowest BCUT2D eigenvalue weighted by Gasteiger charge is -2.44. The van der Waals surface area contributed by atoms with E-state index in [0.717, 1.165) is 0 Å². The first kappa shape index (κ1) is 24.7. The van der Waals surface area contributed by atoms with Crippen molar-refractivity contribution in [3.05, 3.63) is 64.2 Å². The first-order chi connectivity index (χ1) is 15.5. The van der Waals surface area contributed by atoms with E-state index in [2.05, 4.69) is 10.6 Å². The lowest BCUT2D eigenvalue weighted by molar-refractivity contribution is -0.164. The second-order valence-electron chi connectivity index (χ2n) is 8.92. The summed E-state index contributed by atoms with van der Waals surface area (Å²) in [5.74, 6) is -0.481. The molecule has 2 atom stereocenters. The second kappa shape index (κ2) is 9.93. The number of rotatable bonds is 7. The van der Waals surface area contributed by atoms with E-state index < -0.39 is 23.7 Å². The number of amides is 1. The highest BCUT2D eigenvalue weighted by molar-refractivity contribution is 6.30. The summed E-state index contributed by atoms with van der Waals surface area (Å²) >= 11 is 6.06. The van der Waals surface area contributed by atoms with Crippen LogP contribution in [0.1, 0.15) is 66.9 Å². The van der Waals surface area contributed by atoms with Crippen molar-refractivity contribution in [2.45, 2.75) is 58.4 Å². The van der Waals surface area contributed by atoms with E-state index in [1.165, 1.54) is 6.92 Å². The van der Waals surface area contributed by atoms with Crippen LogP contribution < -0.4 is 15.4 Å². The van der Waals surface area contributed by atoms with Crippen molar-refractivity contribution in [3.63, 3.8) is 0 Å². The van der Waals surface area contributed by atoms with Crippen LogP contribution in [0.3, 0.4) is 0 Å². The molecular weight excluding hydrogens is 444 g/mol. The van der Waals surface area contributed by atoms with Gasteiger partial charge in [0.25, 0.3) is 5.91 Å². The molecule has 8 heteroatoms. The van der Waals surface area contributed by atoms with Gasteiger partial charge < -0.3 is 20.1 Å². The number of ketones is 1. The van der Waals surface area contributed by atoms with Crippen molar-refractivity contribution in [1.29, 1.82) is 0 Å². The van der Waals surface area contributed by atoms with E-state index in [1.54, 1.807) is 56.3 Å². The summed E-state index contributed by atoms with van der Waals surface area (Å²) in [7, 11) is 0. The minimum absolute atomic E-state index is 0.0134. The number of hydrogen-bond acceptors (Lipinski definition) is 6. The predicted molar refractivity (Wildman–Crippen MR) is 126 cm³/mol. The number of ether oxygens (including phenoxy) is 2. The smallest absolute Gasteiger partial charge is 0.320 e. The number of esters is 1. The first-order valence-electron chi connectivity index (χ1n) is 10.8. The molecule has 0 saturated heterocycles. The summed E-state index contributed by atoms with van der Waals surface area (Å²) < 4.78 is 12.0. The van der Waals surface area contributed by atoms with Crippen LogP contribution in [0.25, 0.3) is 0 Å². The number of carbonyl (C=O) groups is 3. The Labute approximate surface area is 198 Å². The highest BCUT2D eigenvalue weighted by Gasteiger charge is 2.47. The molecule has 0 saturated carbocycles. The van der Waals surface area contributed by atoms with Crippen LogP contribution in [0.2, 0.25) is 5.02 Å². The van der Waals surface area contributed by atoms with Gasteiger partial charge in [-0.05, 0) is 57.2 Å². The lowest BCUT2D eigenvalue weighted by atomic mass is 9.85. The molecule has 176 valence electrons. The SMILES string of the molecule is CC(=O)c1ccc2c(c1)[C@H](NC(=O)c1cccc(Cl)c1)[C@@H](OC(=O)CNC(C)C)C(C)(C)O2. The molecule has 33 heavy (non-hydrogen) atoms. The Kier molecular flexibility index (Phi) is 7.44. The maximum atomic E-state index is 13.1. The molecule has 0 fully saturated rings. The Morgan fingerprint density at radius 2 is 1.85 bits per heavy atom. The minimum Gasteiger partial charge on any atom is -0.484 e. The van der Waals surface area contributed by atoms with Gasteiger partial charge in [-0.1, -0.05) is 31.5 Å². The van der Waals surface area contributed by atoms with E-state index in [4.69, 9.17) is 21.1 Å². The van der Waals surface area contributed by atoms with Gasteiger partial charge >= 0.3 is 5.97 Å². The quantitative estimate of drug-likeness (QED) is 0.465. The van der Waals surface area contributed by atoms with Gasteiger partial charge in [0.15, 0.2) is 11.9 Å².